The zero-order valence-corrected chi connectivity index (χ0v) is 17.4. The number of amides is 1. The van der Waals surface area contributed by atoms with Gasteiger partial charge in [0.1, 0.15) is 6.54 Å². The maximum Gasteiger partial charge on any atom is 0.244 e. The van der Waals surface area contributed by atoms with Gasteiger partial charge in [-0.05, 0) is 42.5 Å². The van der Waals surface area contributed by atoms with Crippen LogP contribution in [0.5, 0.6) is 0 Å². The predicted octanol–water partition coefficient (Wildman–Crippen LogP) is 5.04. The van der Waals surface area contributed by atoms with Gasteiger partial charge >= 0.3 is 0 Å². The number of sulfone groups is 1. The Morgan fingerprint density at radius 3 is 2.39 bits per heavy atom. The van der Waals surface area contributed by atoms with Gasteiger partial charge in [0.25, 0.3) is 0 Å². The van der Waals surface area contributed by atoms with E-state index in [1.54, 1.807) is 24.3 Å². The Balaban J connectivity index is 1.69. The third-order valence-corrected chi connectivity index (χ3v) is 6.73. The van der Waals surface area contributed by atoms with Crippen molar-refractivity contribution in [2.75, 3.05) is 5.32 Å². The molecule has 31 heavy (non-hydrogen) atoms. The first-order chi connectivity index (χ1) is 14.8. The molecule has 0 fully saturated rings. The van der Waals surface area contributed by atoms with E-state index in [0.29, 0.717) is 15.9 Å². The van der Waals surface area contributed by atoms with Crippen molar-refractivity contribution in [2.24, 2.45) is 0 Å². The topological polar surface area (TPSA) is 68.2 Å². The Morgan fingerprint density at radius 1 is 0.968 bits per heavy atom. The van der Waals surface area contributed by atoms with E-state index in [0.717, 1.165) is 12.1 Å². The Morgan fingerprint density at radius 2 is 1.68 bits per heavy atom. The second kappa shape index (κ2) is 8.13. The van der Waals surface area contributed by atoms with E-state index in [2.05, 4.69) is 5.32 Å². The molecule has 4 aromatic rings. The minimum Gasteiger partial charge on any atom is -0.337 e. The van der Waals surface area contributed by atoms with Gasteiger partial charge in [-0.25, -0.2) is 17.2 Å². The van der Waals surface area contributed by atoms with E-state index >= 15 is 0 Å². The Kier molecular flexibility index (Phi) is 5.51. The first kappa shape index (κ1) is 21.0. The molecule has 1 aromatic heterocycles. The SMILES string of the molecule is O=C(Cn1cc(S(=O)(=O)c2ccc(Cl)cc2)c2ccccc21)Nc1ccc(F)c(F)c1. The second-order valence-corrected chi connectivity index (χ2v) is 9.13. The zero-order chi connectivity index (χ0) is 22.2. The number of aromatic nitrogens is 1. The maximum absolute atomic E-state index is 13.4. The van der Waals surface area contributed by atoms with E-state index < -0.39 is 27.4 Å². The molecule has 0 aliphatic heterocycles. The molecule has 9 heteroatoms. The monoisotopic (exact) mass is 460 g/mol. The second-order valence-electron chi connectivity index (χ2n) is 6.77. The molecule has 0 aliphatic rings. The number of halogens is 3. The van der Waals surface area contributed by atoms with Crippen molar-refractivity contribution in [3.63, 3.8) is 0 Å². The molecule has 5 nitrogen and oxygen atoms in total. The summed E-state index contributed by atoms with van der Waals surface area (Å²) < 4.78 is 54.3. The molecular formula is C22H15ClF2N2O3S. The van der Waals surface area contributed by atoms with Crippen LogP contribution in [0.3, 0.4) is 0 Å². The molecule has 0 atom stereocenters. The summed E-state index contributed by atoms with van der Waals surface area (Å²) in [7, 11) is -3.87. The van der Waals surface area contributed by atoms with Gasteiger partial charge in [-0.15, -0.1) is 0 Å². The molecule has 0 bridgehead atoms. The van der Waals surface area contributed by atoms with Crippen molar-refractivity contribution in [2.45, 2.75) is 16.3 Å². The summed E-state index contributed by atoms with van der Waals surface area (Å²) in [5, 5.41) is 3.35. The third kappa shape index (κ3) is 4.17. The summed E-state index contributed by atoms with van der Waals surface area (Å²) >= 11 is 5.86. The van der Waals surface area contributed by atoms with Crippen molar-refractivity contribution < 1.29 is 22.0 Å². The molecule has 0 saturated carbocycles. The summed E-state index contributed by atoms with van der Waals surface area (Å²) in [5.41, 5.74) is 0.629. The number of carbonyl (C=O) groups excluding carboxylic acids is 1. The lowest BCUT2D eigenvalue weighted by Gasteiger charge is -2.07. The van der Waals surface area contributed by atoms with Crippen LogP contribution < -0.4 is 5.32 Å². The molecule has 158 valence electrons. The first-order valence-corrected chi connectivity index (χ1v) is 11.0. The number of carbonyl (C=O) groups is 1. The van der Waals surface area contributed by atoms with Crippen molar-refractivity contribution in [3.05, 3.63) is 89.6 Å². The largest absolute Gasteiger partial charge is 0.337 e. The molecule has 0 spiro atoms. The zero-order valence-electron chi connectivity index (χ0n) is 15.8. The summed E-state index contributed by atoms with van der Waals surface area (Å²) in [5.74, 6) is -2.63. The smallest absolute Gasteiger partial charge is 0.244 e. The average molecular weight is 461 g/mol. The lowest BCUT2D eigenvalue weighted by Crippen LogP contribution is -2.18. The van der Waals surface area contributed by atoms with Crippen LogP contribution in [0.15, 0.2) is 82.7 Å². The number of para-hydroxylation sites is 1. The number of anilines is 1. The van der Waals surface area contributed by atoms with Crippen LogP contribution in [0.25, 0.3) is 10.9 Å². The highest BCUT2D eigenvalue weighted by molar-refractivity contribution is 7.91. The summed E-state index contributed by atoms with van der Waals surface area (Å²) in [6, 6.07) is 15.6. The summed E-state index contributed by atoms with van der Waals surface area (Å²) in [6.07, 6.45) is 1.39. The minimum absolute atomic E-state index is 0.0473. The average Bonchev–Trinajstić information content (AvgIpc) is 3.10. The van der Waals surface area contributed by atoms with Gasteiger partial charge < -0.3 is 9.88 Å². The van der Waals surface area contributed by atoms with Crippen LogP contribution >= 0.6 is 11.6 Å². The van der Waals surface area contributed by atoms with Crippen LogP contribution in [0.1, 0.15) is 0 Å². The van der Waals surface area contributed by atoms with Crippen LogP contribution in [0, 0.1) is 11.6 Å². The molecule has 0 saturated heterocycles. The summed E-state index contributed by atoms with van der Waals surface area (Å²) in [4.78, 5) is 12.6. The van der Waals surface area contributed by atoms with Gasteiger partial charge in [0.2, 0.25) is 15.7 Å². The molecular weight excluding hydrogens is 446 g/mol. The molecule has 1 amide bonds. The molecule has 0 aliphatic carbocycles. The minimum atomic E-state index is -3.87. The number of nitrogens with zero attached hydrogens (tertiary/aromatic N) is 1. The number of rotatable bonds is 5. The highest BCUT2D eigenvalue weighted by Gasteiger charge is 2.24. The van der Waals surface area contributed by atoms with Crippen molar-refractivity contribution >= 4 is 43.9 Å². The number of benzene rings is 3. The van der Waals surface area contributed by atoms with E-state index in [9.17, 15) is 22.0 Å². The van der Waals surface area contributed by atoms with Crippen LogP contribution in [0.4, 0.5) is 14.5 Å². The van der Waals surface area contributed by atoms with Crippen LogP contribution in [0.2, 0.25) is 5.02 Å². The molecule has 0 radical (unpaired) electrons. The maximum atomic E-state index is 13.4. The molecule has 1 N–H and O–H groups in total. The van der Waals surface area contributed by atoms with Crippen LogP contribution in [-0.4, -0.2) is 18.9 Å². The third-order valence-electron chi connectivity index (χ3n) is 4.68. The van der Waals surface area contributed by atoms with Gasteiger partial charge in [-0.1, -0.05) is 29.8 Å². The fourth-order valence-corrected chi connectivity index (χ4v) is 4.83. The molecule has 0 unspecified atom stereocenters. The van der Waals surface area contributed by atoms with Gasteiger partial charge in [0.15, 0.2) is 11.6 Å². The highest BCUT2D eigenvalue weighted by Crippen LogP contribution is 2.30. The van der Waals surface area contributed by atoms with Gasteiger partial charge in [0, 0.05) is 33.9 Å². The fourth-order valence-electron chi connectivity index (χ4n) is 3.23. The standard InChI is InChI=1S/C22H15ClF2N2O3S/c23-14-5-8-16(9-6-14)31(29,30)21-12-27(20-4-2-1-3-17(20)21)13-22(28)26-15-7-10-18(24)19(25)11-15/h1-12H,13H2,(H,26,28). The number of hydrogen-bond donors (Lipinski definition) is 1. The van der Waals surface area contributed by atoms with Gasteiger partial charge in [-0.2, -0.15) is 0 Å². The Labute approximate surface area is 181 Å². The quantitative estimate of drug-likeness (QED) is 0.453. The number of nitrogens with one attached hydrogen (secondary N) is 1. The normalized spacial score (nSPS) is 11.6. The molecule has 4 rings (SSSR count). The Bertz CT molecular complexity index is 1400. The predicted molar refractivity (Wildman–Crippen MR) is 114 cm³/mol. The van der Waals surface area contributed by atoms with Gasteiger partial charge in [-0.3, -0.25) is 4.79 Å². The molecule has 3 aromatic carbocycles. The van der Waals surface area contributed by atoms with Crippen molar-refractivity contribution in [1.29, 1.82) is 0 Å². The van der Waals surface area contributed by atoms with E-state index in [1.165, 1.54) is 41.1 Å². The van der Waals surface area contributed by atoms with Crippen LogP contribution in [-0.2, 0) is 21.2 Å². The van der Waals surface area contributed by atoms with Crippen molar-refractivity contribution in [1.82, 2.24) is 4.57 Å². The fraction of sp³-hybridized carbons (Fsp3) is 0.0455. The number of hydrogen-bond acceptors (Lipinski definition) is 3. The van der Waals surface area contributed by atoms with E-state index in [1.807, 2.05) is 0 Å². The first-order valence-electron chi connectivity index (χ1n) is 9.09. The molecule has 1 heterocycles. The summed E-state index contributed by atoms with van der Waals surface area (Å²) in [6.45, 7) is -0.227. The van der Waals surface area contributed by atoms with E-state index in [-0.39, 0.29) is 22.0 Å². The Hall–Kier alpha value is -3.23. The number of fused-ring (bicyclic) bond motifs is 1. The van der Waals surface area contributed by atoms with Crippen molar-refractivity contribution in [3.8, 4) is 0 Å². The lowest BCUT2D eigenvalue weighted by molar-refractivity contribution is -0.116. The highest BCUT2D eigenvalue weighted by atomic mass is 35.5. The van der Waals surface area contributed by atoms with E-state index in [4.69, 9.17) is 11.6 Å². The lowest BCUT2D eigenvalue weighted by atomic mass is 10.2. The van der Waals surface area contributed by atoms with Gasteiger partial charge in [0.05, 0.1) is 9.79 Å².